The molecule has 2 amide bonds. The standard InChI is InChI=1S/C22H28N6O6/c29-13-25-21(26-14-30)17(9-5-11-23-19(21)33)7-3-1-2-4-8-18-10-6-12-24-20(34)22(18,27-15-31)28-16-32/h17-18H,1-12H2,(H,23,33)(H,24,34). The van der Waals surface area contributed by atoms with Crippen molar-refractivity contribution in [1.29, 1.82) is 0 Å². The van der Waals surface area contributed by atoms with Crippen LogP contribution in [0, 0.1) is 11.8 Å². The average Bonchev–Trinajstić information content (AvgIpc) is 3.06. The molecule has 0 spiro atoms. The Hall–Kier alpha value is -3.54. The van der Waals surface area contributed by atoms with Crippen molar-refractivity contribution < 1.29 is 28.8 Å². The van der Waals surface area contributed by atoms with Gasteiger partial charge in [-0.3, -0.25) is 9.59 Å². The molecule has 2 saturated heterocycles. The molecule has 182 valence electrons. The lowest BCUT2D eigenvalue weighted by molar-refractivity contribution is -0.128. The Kier molecular flexibility index (Phi) is 10.4. The Bertz CT molecular complexity index is 830. The van der Waals surface area contributed by atoms with E-state index in [1.54, 1.807) is 0 Å². The van der Waals surface area contributed by atoms with Gasteiger partial charge in [0.25, 0.3) is 23.1 Å². The fraction of sp³-hybridized carbons (Fsp3) is 0.727. The third kappa shape index (κ3) is 6.07. The molecule has 0 aromatic rings. The summed E-state index contributed by atoms with van der Waals surface area (Å²) in [5.74, 6) is -2.06. The minimum Gasteiger partial charge on any atom is -0.352 e. The molecular formula is C22H28N6O6. The summed E-state index contributed by atoms with van der Waals surface area (Å²) in [6, 6.07) is 0. The molecule has 34 heavy (non-hydrogen) atoms. The Balaban J connectivity index is 1.98. The van der Waals surface area contributed by atoms with E-state index in [1.165, 1.54) is 24.3 Å². The van der Waals surface area contributed by atoms with E-state index in [0.717, 1.165) is 12.8 Å². The van der Waals surface area contributed by atoms with Crippen LogP contribution in [-0.4, -0.2) is 60.5 Å². The van der Waals surface area contributed by atoms with Crippen LogP contribution in [-0.2, 0) is 28.8 Å². The van der Waals surface area contributed by atoms with E-state index in [2.05, 4.69) is 30.6 Å². The van der Waals surface area contributed by atoms with Crippen molar-refractivity contribution >= 4 is 36.1 Å². The van der Waals surface area contributed by atoms with Crippen LogP contribution in [0.1, 0.15) is 64.2 Å². The van der Waals surface area contributed by atoms with Crippen LogP contribution >= 0.6 is 0 Å². The summed E-state index contributed by atoms with van der Waals surface area (Å²) >= 11 is 0. The number of isocyanates is 4. The Morgan fingerprint density at radius 2 is 1.00 bits per heavy atom. The number of hydrogen-bond acceptors (Lipinski definition) is 10. The second kappa shape index (κ2) is 13.2. The lowest BCUT2D eigenvalue weighted by Gasteiger charge is -2.28. The van der Waals surface area contributed by atoms with Crippen LogP contribution in [0.15, 0.2) is 20.0 Å². The first-order valence-electron chi connectivity index (χ1n) is 11.4. The molecule has 0 bridgehead atoms. The number of nitrogens with zero attached hydrogens (tertiary/aromatic N) is 4. The van der Waals surface area contributed by atoms with Gasteiger partial charge in [-0.05, 0) is 38.5 Å². The van der Waals surface area contributed by atoms with E-state index in [9.17, 15) is 28.8 Å². The molecule has 2 aliphatic heterocycles. The average molecular weight is 473 g/mol. The molecule has 2 rings (SSSR count). The van der Waals surface area contributed by atoms with E-state index < -0.39 is 35.0 Å². The molecule has 12 nitrogen and oxygen atoms in total. The van der Waals surface area contributed by atoms with Crippen molar-refractivity contribution in [3.63, 3.8) is 0 Å². The van der Waals surface area contributed by atoms with E-state index in [0.29, 0.717) is 64.5 Å². The summed E-state index contributed by atoms with van der Waals surface area (Å²) in [6.07, 6.45) is 11.9. The van der Waals surface area contributed by atoms with Crippen LogP contribution in [0.25, 0.3) is 0 Å². The fourth-order valence-electron chi connectivity index (χ4n) is 4.86. The van der Waals surface area contributed by atoms with Crippen molar-refractivity contribution in [2.24, 2.45) is 31.8 Å². The summed E-state index contributed by atoms with van der Waals surface area (Å²) < 4.78 is 0. The van der Waals surface area contributed by atoms with Crippen LogP contribution in [0.2, 0.25) is 0 Å². The molecule has 2 N–H and O–H groups in total. The van der Waals surface area contributed by atoms with E-state index in [1.807, 2.05) is 0 Å². The zero-order valence-electron chi connectivity index (χ0n) is 18.9. The molecule has 2 heterocycles. The molecule has 0 aromatic heterocycles. The third-order valence-electron chi connectivity index (χ3n) is 6.56. The summed E-state index contributed by atoms with van der Waals surface area (Å²) in [4.78, 5) is 83.3. The van der Waals surface area contributed by atoms with E-state index in [4.69, 9.17) is 0 Å². The highest BCUT2D eigenvalue weighted by molar-refractivity contribution is 5.89. The first kappa shape index (κ1) is 26.7. The number of aliphatic imine (C=N–C) groups is 4. The number of unbranched alkanes of at least 4 members (excludes halogenated alkanes) is 3. The highest BCUT2D eigenvalue weighted by atomic mass is 16.2. The summed E-state index contributed by atoms with van der Waals surface area (Å²) in [5, 5.41) is 5.26. The number of carbonyl (C=O) groups excluding carboxylic acids is 6. The third-order valence-corrected chi connectivity index (χ3v) is 6.56. The van der Waals surface area contributed by atoms with Crippen molar-refractivity contribution in [1.82, 2.24) is 10.6 Å². The topological polar surface area (TPSA) is 176 Å². The number of rotatable bonds is 11. The van der Waals surface area contributed by atoms with Crippen molar-refractivity contribution in [2.75, 3.05) is 13.1 Å². The number of carbonyl (C=O) groups is 2. The normalized spacial score (nSPS) is 28.8. The minimum atomic E-state index is -1.83. The highest BCUT2D eigenvalue weighted by Gasteiger charge is 2.48. The van der Waals surface area contributed by atoms with Gasteiger partial charge in [-0.2, -0.15) is 20.0 Å². The quantitative estimate of drug-likeness (QED) is 0.258. The molecule has 0 aliphatic carbocycles. The van der Waals surface area contributed by atoms with Gasteiger partial charge in [0, 0.05) is 24.9 Å². The zero-order valence-corrected chi connectivity index (χ0v) is 18.9. The Morgan fingerprint density at radius 1 is 0.647 bits per heavy atom. The smallest absolute Gasteiger partial charge is 0.272 e. The number of amides is 2. The van der Waals surface area contributed by atoms with Gasteiger partial charge >= 0.3 is 0 Å². The maximum absolute atomic E-state index is 12.5. The predicted molar refractivity (Wildman–Crippen MR) is 117 cm³/mol. The van der Waals surface area contributed by atoms with Crippen LogP contribution in [0.4, 0.5) is 0 Å². The molecule has 2 fully saturated rings. The zero-order chi connectivity index (χ0) is 24.9. The SMILES string of the molecule is O=C=NC1(N=C=O)C(=O)NCCCC1CCCCCCC1CCCNC(=O)C1(N=C=O)N=C=O. The van der Waals surface area contributed by atoms with E-state index in [-0.39, 0.29) is 0 Å². The molecule has 0 aromatic carbocycles. The lowest BCUT2D eigenvalue weighted by atomic mass is 9.83. The van der Waals surface area contributed by atoms with Crippen molar-refractivity contribution in [3.8, 4) is 0 Å². The van der Waals surface area contributed by atoms with Crippen LogP contribution in [0.3, 0.4) is 0 Å². The van der Waals surface area contributed by atoms with Crippen LogP contribution in [0.5, 0.6) is 0 Å². The van der Waals surface area contributed by atoms with Gasteiger partial charge < -0.3 is 10.6 Å². The van der Waals surface area contributed by atoms with Crippen LogP contribution < -0.4 is 10.6 Å². The molecule has 0 saturated carbocycles. The maximum Gasteiger partial charge on any atom is 0.272 e. The van der Waals surface area contributed by atoms with Gasteiger partial charge in [0.15, 0.2) is 0 Å². The summed E-state index contributed by atoms with van der Waals surface area (Å²) in [6.45, 7) is 0.812. The minimum absolute atomic E-state index is 0.406. The first-order chi connectivity index (χ1) is 16.5. The molecule has 0 radical (unpaired) electrons. The molecule has 12 heteroatoms. The van der Waals surface area contributed by atoms with Gasteiger partial charge in [0.05, 0.1) is 0 Å². The second-order valence-corrected chi connectivity index (χ2v) is 8.45. The highest BCUT2D eigenvalue weighted by Crippen LogP contribution is 2.36. The largest absolute Gasteiger partial charge is 0.352 e. The molecule has 2 atom stereocenters. The lowest BCUT2D eigenvalue weighted by Crippen LogP contribution is -2.47. The van der Waals surface area contributed by atoms with E-state index >= 15 is 0 Å². The summed E-state index contributed by atoms with van der Waals surface area (Å²) in [7, 11) is 0. The Morgan fingerprint density at radius 3 is 1.32 bits per heavy atom. The van der Waals surface area contributed by atoms with Crippen molar-refractivity contribution in [2.45, 2.75) is 75.5 Å². The number of nitrogens with one attached hydrogen (secondary N) is 2. The van der Waals surface area contributed by atoms with Gasteiger partial charge in [-0.1, -0.05) is 25.7 Å². The monoisotopic (exact) mass is 472 g/mol. The molecule has 2 aliphatic rings. The van der Waals surface area contributed by atoms with Gasteiger partial charge in [-0.15, -0.1) is 0 Å². The van der Waals surface area contributed by atoms with Gasteiger partial charge in [0.1, 0.15) is 0 Å². The second-order valence-electron chi connectivity index (χ2n) is 8.45. The molecule has 2 unspecified atom stereocenters. The fourth-order valence-corrected chi connectivity index (χ4v) is 4.86. The van der Waals surface area contributed by atoms with Gasteiger partial charge in [0.2, 0.25) is 24.3 Å². The molecular weight excluding hydrogens is 444 g/mol. The maximum atomic E-state index is 12.5. The number of hydrogen-bond donors (Lipinski definition) is 2. The Labute approximate surface area is 196 Å². The first-order valence-corrected chi connectivity index (χ1v) is 11.4. The summed E-state index contributed by atoms with van der Waals surface area (Å²) in [5.41, 5.74) is -3.65. The van der Waals surface area contributed by atoms with Crippen molar-refractivity contribution in [3.05, 3.63) is 0 Å². The van der Waals surface area contributed by atoms with Gasteiger partial charge in [-0.25, -0.2) is 19.2 Å². The predicted octanol–water partition coefficient (Wildman–Crippen LogP) is 1.12.